The van der Waals surface area contributed by atoms with Crippen molar-refractivity contribution in [2.24, 2.45) is 0 Å². The van der Waals surface area contributed by atoms with Gasteiger partial charge in [-0.3, -0.25) is 5.10 Å². The van der Waals surface area contributed by atoms with Gasteiger partial charge in [0.25, 0.3) is 0 Å². The Kier molecular flexibility index (Phi) is 3.37. The average Bonchev–Trinajstić information content (AvgIpc) is 2.86. The topological polar surface area (TPSA) is 40.7 Å². The molecule has 3 nitrogen and oxygen atoms in total. The maximum absolute atomic E-state index is 13.2. The van der Waals surface area contributed by atoms with E-state index in [0.29, 0.717) is 0 Å². The van der Waals surface area contributed by atoms with E-state index in [1.54, 1.807) is 18.3 Å². The van der Waals surface area contributed by atoms with Crippen LogP contribution >= 0.6 is 0 Å². The molecule has 3 rings (SSSR count). The number of aromatic nitrogens is 2. The Morgan fingerprint density at radius 3 is 3.00 bits per heavy atom. The molecule has 1 heterocycles. The number of nitrogens with zero attached hydrogens (tertiary/aromatic N) is 1. The first-order valence-corrected chi connectivity index (χ1v) is 6.65. The molecule has 4 heteroatoms. The van der Waals surface area contributed by atoms with Crippen molar-refractivity contribution in [3.63, 3.8) is 0 Å². The highest BCUT2D eigenvalue weighted by atomic mass is 19.1. The highest BCUT2D eigenvalue weighted by Gasteiger charge is 2.05. The predicted octanol–water partition coefficient (Wildman–Crippen LogP) is 3.75. The van der Waals surface area contributed by atoms with Gasteiger partial charge < -0.3 is 5.32 Å². The summed E-state index contributed by atoms with van der Waals surface area (Å²) < 4.78 is 13.2. The molecule has 1 unspecified atom stereocenters. The number of H-pyrrole nitrogens is 1. The molecule has 0 aliphatic carbocycles. The second kappa shape index (κ2) is 5.33. The predicted molar refractivity (Wildman–Crippen MR) is 79.3 cm³/mol. The van der Waals surface area contributed by atoms with Crippen LogP contribution < -0.4 is 5.32 Å². The van der Waals surface area contributed by atoms with E-state index < -0.39 is 0 Å². The molecule has 0 amide bonds. The van der Waals surface area contributed by atoms with Crippen molar-refractivity contribution >= 4 is 16.6 Å². The first-order valence-electron chi connectivity index (χ1n) is 6.65. The lowest BCUT2D eigenvalue weighted by atomic mass is 10.1. The first-order chi connectivity index (χ1) is 9.70. The summed E-state index contributed by atoms with van der Waals surface area (Å²) in [5.74, 6) is -0.187. The molecule has 0 bridgehead atoms. The molecule has 0 spiro atoms. The fourth-order valence-corrected chi connectivity index (χ4v) is 2.38. The summed E-state index contributed by atoms with van der Waals surface area (Å²) in [6.07, 6.45) is 2.58. The summed E-state index contributed by atoms with van der Waals surface area (Å²) in [7, 11) is 0. The Morgan fingerprint density at radius 1 is 1.25 bits per heavy atom. The van der Waals surface area contributed by atoms with Crippen LogP contribution in [-0.4, -0.2) is 16.2 Å². The number of benzene rings is 2. The number of halogens is 1. The molecule has 0 saturated carbocycles. The molecule has 2 aromatic carbocycles. The fraction of sp³-hybridized carbons (Fsp3) is 0.188. The van der Waals surface area contributed by atoms with Gasteiger partial charge >= 0.3 is 0 Å². The molecule has 1 aromatic heterocycles. The number of aromatic amines is 1. The molecule has 0 saturated heterocycles. The zero-order valence-electron chi connectivity index (χ0n) is 11.2. The van der Waals surface area contributed by atoms with Crippen molar-refractivity contribution in [3.05, 3.63) is 60.0 Å². The minimum absolute atomic E-state index is 0.187. The lowest BCUT2D eigenvalue weighted by molar-refractivity contribution is 0.624. The smallest absolute Gasteiger partial charge is 0.123 e. The number of hydrogen-bond donors (Lipinski definition) is 2. The third kappa shape index (κ3) is 2.79. The number of anilines is 1. The fourth-order valence-electron chi connectivity index (χ4n) is 2.38. The SMILES string of the molecule is CC(Cc1cccc(F)c1)Nc1ccc2cn[nH]c2c1. The van der Waals surface area contributed by atoms with Crippen LogP contribution in [0.15, 0.2) is 48.7 Å². The summed E-state index contributed by atoms with van der Waals surface area (Å²) >= 11 is 0. The number of fused-ring (bicyclic) bond motifs is 1. The van der Waals surface area contributed by atoms with Gasteiger partial charge in [0.2, 0.25) is 0 Å². The van der Waals surface area contributed by atoms with Crippen LogP contribution in [0.4, 0.5) is 10.1 Å². The van der Waals surface area contributed by atoms with Crippen molar-refractivity contribution in [2.75, 3.05) is 5.32 Å². The van der Waals surface area contributed by atoms with Crippen molar-refractivity contribution in [1.82, 2.24) is 10.2 Å². The quantitative estimate of drug-likeness (QED) is 0.757. The largest absolute Gasteiger partial charge is 0.382 e. The zero-order valence-corrected chi connectivity index (χ0v) is 11.2. The van der Waals surface area contributed by atoms with E-state index in [-0.39, 0.29) is 11.9 Å². The van der Waals surface area contributed by atoms with Gasteiger partial charge in [-0.1, -0.05) is 12.1 Å². The van der Waals surface area contributed by atoms with Crippen molar-refractivity contribution in [2.45, 2.75) is 19.4 Å². The maximum atomic E-state index is 13.2. The normalized spacial score (nSPS) is 12.5. The summed E-state index contributed by atoms with van der Waals surface area (Å²) in [6.45, 7) is 2.09. The van der Waals surface area contributed by atoms with E-state index in [0.717, 1.165) is 28.6 Å². The molecule has 3 aromatic rings. The van der Waals surface area contributed by atoms with E-state index in [9.17, 15) is 4.39 Å². The number of hydrogen-bond acceptors (Lipinski definition) is 2. The first kappa shape index (κ1) is 12.7. The van der Waals surface area contributed by atoms with Gasteiger partial charge in [-0.2, -0.15) is 5.10 Å². The van der Waals surface area contributed by atoms with Gasteiger partial charge in [0, 0.05) is 17.1 Å². The van der Waals surface area contributed by atoms with Crippen LogP contribution in [0.25, 0.3) is 10.9 Å². The minimum Gasteiger partial charge on any atom is -0.382 e. The molecule has 2 N–H and O–H groups in total. The van der Waals surface area contributed by atoms with E-state index >= 15 is 0 Å². The number of nitrogens with one attached hydrogen (secondary N) is 2. The van der Waals surface area contributed by atoms with Crippen molar-refractivity contribution in [1.29, 1.82) is 0 Å². The highest BCUT2D eigenvalue weighted by Crippen LogP contribution is 2.18. The van der Waals surface area contributed by atoms with Gasteiger partial charge in [0.15, 0.2) is 0 Å². The standard InChI is InChI=1S/C16H16FN3/c1-11(7-12-3-2-4-14(17)8-12)19-15-6-5-13-10-18-20-16(13)9-15/h2-6,8-11,19H,7H2,1H3,(H,18,20). The lowest BCUT2D eigenvalue weighted by Gasteiger charge is -2.15. The third-order valence-electron chi connectivity index (χ3n) is 3.29. The zero-order chi connectivity index (χ0) is 13.9. The minimum atomic E-state index is -0.187. The average molecular weight is 269 g/mol. The van der Waals surface area contributed by atoms with Gasteiger partial charge in [-0.25, -0.2) is 4.39 Å². The summed E-state index contributed by atoms with van der Waals surface area (Å²) in [6, 6.07) is 13.0. The molecule has 20 heavy (non-hydrogen) atoms. The molecule has 102 valence electrons. The van der Waals surface area contributed by atoms with Crippen LogP contribution in [0.5, 0.6) is 0 Å². The Morgan fingerprint density at radius 2 is 2.15 bits per heavy atom. The van der Waals surface area contributed by atoms with Gasteiger partial charge in [-0.15, -0.1) is 0 Å². The van der Waals surface area contributed by atoms with Crippen LogP contribution in [0.1, 0.15) is 12.5 Å². The van der Waals surface area contributed by atoms with Crippen molar-refractivity contribution in [3.8, 4) is 0 Å². The van der Waals surface area contributed by atoms with Gasteiger partial charge in [0.05, 0.1) is 11.7 Å². The molecule has 0 aliphatic heterocycles. The molecular formula is C16H16FN3. The Bertz CT molecular complexity index is 720. The van der Waals surface area contributed by atoms with Crippen LogP contribution in [0, 0.1) is 5.82 Å². The Hall–Kier alpha value is -2.36. The Labute approximate surface area is 116 Å². The second-order valence-corrected chi connectivity index (χ2v) is 5.05. The molecule has 0 aliphatic rings. The van der Waals surface area contributed by atoms with E-state index in [1.165, 1.54) is 6.07 Å². The van der Waals surface area contributed by atoms with Crippen molar-refractivity contribution < 1.29 is 4.39 Å². The molecule has 1 atom stereocenters. The van der Waals surface area contributed by atoms with Gasteiger partial charge in [0.1, 0.15) is 5.82 Å². The third-order valence-corrected chi connectivity index (χ3v) is 3.29. The molecular weight excluding hydrogens is 253 g/mol. The summed E-state index contributed by atoms with van der Waals surface area (Å²) in [4.78, 5) is 0. The molecule has 0 radical (unpaired) electrons. The second-order valence-electron chi connectivity index (χ2n) is 5.05. The van der Waals surface area contributed by atoms with E-state index in [1.807, 2.05) is 24.3 Å². The highest BCUT2D eigenvalue weighted by molar-refractivity contribution is 5.81. The monoisotopic (exact) mass is 269 g/mol. The summed E-state index contributed by atoms with van der Waals surface area (Å²) in [5, 5.41) is 11.5. The lowest BCUT2D eigenvalue weighted by Crippen LogP contribution is -2.18. The molecule has 0 fully saturated rings. The van der Waals surface area contributed by atoms with Crippen LogP contribution in [0.3, 0.4) is 0 Å². The summed E-state index contributed by atoms with van der Waals surface area (Å²) in [5.41, 5.74) is 3.03. The maximum Gasteiger partial charge on any atom is 0.123 e. The number of rotatable bonds is 4. The van der Waals surface area contributed by atoms with Crippen LogP contribution in [-0.2, 0) is 6.42 Å². The van der Waals surface area contributed by atoms with E-state index in [2.05, 4.69) is 22.4 Å². The van der Waals surface area contributed by atoms with Crippen LogP contribution in [0.2, 0.25) is 0 Å². The van der Waals surface area contributed by atoms with E-state index in [4.69, 9.17) is 0 Å². The Balaban J connectivity index is 1.70. The van der Waals surface area contributed by atoms with Gasteiger partial charge in [-0.05, 0) is 49.2 Å².